The van der Waals surface area contributed by atoms with Gasteiger partial charge in [0.05, 0.1) is 11.3 Å². The minimum Gasteiger partial charge on any atom is -0.353 e. The molecule has 0 radical (unpaired) electrons. The van der Waals surface area contributed by atoms with Crippen LogP contribution < -0.4 is 4.90 Å². The van der Waals surface area contributed by atoms with Gasteiger partial charge >= 0.3 is 0 Å². The van der Waals surface area contributed by atoms with Crippen LogP contribution in [0.15, 0.2) is 30.3 Å². The highest BCUT2D eigenvalue weighted by Crippen LogP contribution is 2.19. The third kappa shape index (κ3) is 4.62. The standard InChI is InChI=1S/C20H25N5O3/c1-14(2)20-21-15(3)12-18(22-20)23-8-10-24(11-9-23)19(26)13-16-4-6-17(7-5-16)25(27)28/h4-7,12,14H,8-11,13H2,1-3H3. The Bertz CT molecular complexity index is 859. The second-order valence-corrected chi connectivity index (χ2v) is 7.35. The van der Waals surface area contributed by atoms with E-state index in [-0.39, 0.29) is 23.9 Å². The van der Waals surface area contributed by atoms with Gasteiger partial charge in [0.15, 0.2) is 0 Å². The number of amides is 1. The fourth-order valence-corrected chi connectivity index (χ4v) is 3.20. The summed E-state index contributed by atoms with van der Waals surface area (Å²) in [5, 5.41) is 10.7. The molecule has 0 N–H and O–H groups in total. The number of aryl methyl sites for hydroxylation is 1. The molecule has 0 spiro atoms. The van der Waals surface area contributed by atoms with E-state index >= 15 is 0 Å². The van der Waals surface area contributed by atoms with Gasteiger partial charge in [0, 0.05) is 56.0 Å². The molecule has 1 fully saturated rings. The number of anilines is 1. The SMILES string of the molecule is Cc1cc(N2CCN(C(=O)Cc3ccc([N+](=O)[O-])cc3)CC2)nc(C(C)C)n1. The Morgan fingerprint density at radius 3 is 2.36 bits per heavy atom. The Hall–Kier alpha value is -3.03. The number of hydrogen-bond acceptors (Lipinski definition) is 6. The molecule has 28 heavy (non-hydrogen) atoms. The monoisotopic (exact) mass is 383 g/mol. The number of benzene rings is 1. The maximum atomic E-state index is 12.6. The Labute approximate surface area is 164 Å². The largest absolute Gasteiger partial charge is 0.353 e. The van der Waals surface area contributed by atoms with E-state index in [1.165, 1.54) is 12.1 Å². The van der Waals surface area contributed by atoms with Gasteiger partial charge < -0.3 is 9.80 Å². The van der Waals surface area contributed by atoms with E-state index in [4.69, 9.17) is 0 Å². The highest BCUT2D eigenvalue weighted by molar-refractivity contribution is 5.79. The van der Waals surface area contributed by atoms with Crippen molar-refractivity contribution >= 4 is 17.4 Å². The van der Waals surface area contributed by atoms with E-state index in [1.54, 1.807) is 12.1 Å². The van der Waals surface area contributed by atoms with Crippen molar-refractivity contribution in [2.75, 3.05) is 31.1 Å². The van der Waals surface area contributed by atoms with E-state index in [1.807, 2.05) is 17.9 Å². The summed E-state index contributed by atoms with van der Waals surface area (Å²) >= 11 is 0. The minimum absolute atomic E-state index is 0.0331. The first-order valence-electron chi connectivity index (χ1n) is 9.45. The van der Waals surface area contributed by atoms with Crippen molar-refractivity contribution in [3.05, 3.63) is 57.5 Å². The number of aromatic nitrogens is 2. The van der Waals surface area contributed by atoms with Crippen molar-refractivity contribution in [1.82, 2.24) is 14.9 Å². The molecule has 1 aliphatic heterocycles. The van der Waals surface area contributed by atoms with Crippen molar-refractivity contribution in [2.24, 2.45) is 0 Å². The second kappa shape index (κ2) is 8.33. The Kier molecular flexibility index (Phi) is 5.87. The smallest absolute Gasteiger partial charge is 0.269 e. The average Bonchev–Trinajstić information content (AvgIpc) is 2.68. The number of nitro groups is 1. The Morgan fingerprint density at radius 2 is 1.79 bits per heavy atom. The number of carbonyl (C=O) groups is 1. The number of piperazine rings is 1. The molecule has 0 unspecified atom stereocenters. The molecule has 1 aliphatic rings. The van der Waals surface area contributed by atoms with Gasteiger partial charge in [0.2, 0.25) is 5.91 Å². The van der Waals surface area contributed by atoms with Crippen LogP contribution in [0.1, 0.15) is 36.8 Å². The second-order valence-electron chi connectivity index (χ2n) is 7.35. The highest BCUT2D eigenvalue weighted by atomic mass is 16.6. The predicted molar refractivity (Wildman–Crippen MR) is 106 cm³/mol. The number of nitro benzene ring substituents is 1. The van der Waals surface area contributed by atoms with Crippen LogP contribution in [0.4, 0.5) is 11.5 Å². The molecule has 0 saturated carbocycles. The summed E-state index contributed by atoms with van der Waals surface area (Å²) in [5.41, 5.74) is 1.77. The van der Waals surface area contributed by atoms with Crippen molar-refractivity contribution < 1.29 is 9.72 Å². The normalized spacial score (nSPS) is 14.4. The van der Waals surface area contributed by atoms with E-state index in [2.05, 4.69) is 28.7 Å². The van der Waals surface area contributed by atoms with E-state index in [9.17, 15) is 14.9 Å². The van der Waals surface area contributed by atoms with Gasteiger partial charge in [-0.3, -0.25) is 14.9 Å². The van der Waals surface area contributed by atoms with Gasteiger partial charge in [-0.25, -0.2) is 9.97 Å². The maximum absolute atomic E-state index is 12.6. The third-order valence-electron chi connectivity index (χ3n) is 4.83. The van der Waals surface area contributed by atoms with Crippen LogP contribution in [0.2, 0.25) is 0 Å². The summed E-state index contributed by atoms with van der Waals surface area (Å²) in [4.78, 5) is 36.1. The van der Waals surface area contributed by atoms with Gasteiger partial charge in [-0.05, 0) is 12.5 Å². The van der Waals surface area contributed by atoms with Crippen molar-refractivity contribution in [2.45, 2.75) is 33.1 Å². The number of hydrogen-bond donors (Lipinski definition) is 0. The topological polar surface area (TPSA) is 92.5 Å². The van der Waals surface area contributed by atoms with Crippen LogP contribution in [0.5, 0.6) is 0 Å². The van der Waals surface area contributed by atoms with Crippen molar-refractivity contribution in [1.29, 1.82) is 0 Å². The third-order valence-corrected chi connectivity index (χ3v) is 4.83. The molecule has 8 heteroatoms. The number of non-ortho nitro benzene ring substituents is 1. The summed E-state index contributed by atoms with van der Waals surface area (Å²) in [6.45, 7) is 8.83. The molecule has 1 aromatic heterocycles. The van der Waals surface area contributed by atoms with Gasteiger partial charge in [0.1, 0.15) is 11.6 Å². The van der Waals surface area contributed by atoms with E-state index < -0.39 is 4.92 Å². The van der Waals surface area contributed by atoms with E-state index in [0.29, 0.717) is 13.1 Å². The fourth-order valence-electron chi connectivity index (χ4n) is 3.20. The first-order valence-corrected chi connectivity index (χ1v) is 9.45. The molecule has 1 aromatic carbocycles. The molecule has 148 valence electrons. The van der Waals surface area contributed by atoms with Crippen LogP contribution in [0, 0.1) is 17.0 Å². The summed E-state index contributed by atoms with van der Waals surface area (Å²) in [6, 6.07) is 8.14. The van der Waals surface area contributed by atoms with E-state index in [0.717, 1.165) is 36.0 Å². The lowest BCUT2D eigenvalue weighted by Crippen LogP contribution is -2.49. The zero-order valence-electron chi connectivity index (χ0n) is 16.5. The summed E-state index contributed by atoms with van der Waals surface area (Å²) in [6.07, 6.45) is 0.252. The van der Waals surface area contributed by atoms with Gasteiger partial charge in [-0.1, -0.05) is 26.0 Å². The van der Waals surface area contributed by atoms with Crippen LogP contribution in [-0.4, -0.2) is 51.9 Å². The Balaban J connectivity index is 1.59. The predicted octanol–water partition coefficient (Wildman–Crippen LogP) is 2.71. The molecule has 2 aromatic rings. The summed E-state index contributed by atoms with van der Waals surface area (Å²) in [7, 11) is 0. The zero-order chi connectivity index (χ0) is 20.3. The molecular formula is C20H25N5O3. The zero-order valence-corrected chi connectivity index (χ0v) is 16.5. The van der Waals surface area contributed by atoms with Crippen molar-refractivity contribution in [3.8, 4) is 0 Å². The molecule has 2 heterocycles. The lowest BCUT2D eigenvalue weighted by molar-refractivity contribution is -0.384. The summed E-state index contributed by atoms with van der Waals surface area (Å²) in [5.74, 6) is 2.06. The Morgan fingerprint density at radius 1 is 1.14 bits per heavy atom. The highest BCUT2D eigenvalue weighted by Gasteiger charge is 2.23. The molecular weight excluding hydrogens is 358 g/mol. The molecule has 0 bridgehead atoms. The fraction of sp³-hybridized carbons (Fsp3) is 0.450. The first kappa shape index (κ1) is 19.7. The van der Waals surface area contributed by atoms with Gasteiger partial charge in [-0.2, -0.15) is 0 Å². The van der Waals surface area contributed by atoms with Crippen LogP contribution in [-0.2, 0) is 11.2 Å². The maximum Gasteiger partial charge on any atom is 0.269 e. The number of carbonyl (C=O) groups excluding carboxylic acids is 1. The van der Waals surface area contributed by atoms with Crippen molar-refractivity contribution in [3.63, 3.8) is 0 Å². The molecule has 0 aliphatic carbocycles. The summed E-state index contributed by atoms with van der Waals surface area (Å²) < 4.78 is 0. The van der Waals surface area contributed by atoms with Crippen LogP contribution in [0.3, 0.4) is 0 Å². The molecule has 1 amide bonds. The molecule has 3 rings (SSSR count). The van der Waals surface area contributed by atoms with Crippen LogP contribution >= 0.6 is 0 Å². The number of nitrogens with zero attached hydrogens (tertiary/aromatic N) is 5. The lowest BCUT2D eigenvalue weighted by atomic mass is 10.1. The molecule has 8 nitrogen and oxygen atoms in total. The lowest BCUT2D eigenvalue weighted by Gasteiger charge is -2.35. The minimum atomic E-state index is -0.440. The van der Waals surface area contributed by atoms with Gasteiger partial charge in [0.25, 0.3) is 5.69 Å². The first-order chi connectivity index (χ1) is 13.3. The van der Waals surface area contributed by atoms with Gasteiger partial charge in [-0.15, -0.1) is 0 Å². The van der Waals surface area contributed by atoms with Crippen LogP contribution in [0.25, 0.3) is 0 Å². The quantitative estimate of drug-likeness (QED) is 0.582. The molecule has 1 saturated heterocycles. The molecule has 0 atom stereocenters. The average molecular weight is 383 g/mol. The number of rotatable bonds is 5.